The minimum absolute atomic E-state index is 0.0456. The van der Waals surface area contributed by atoms with Crippen LogP contribution < -0.4 is 10.1 Å². The van der Waals surface area contributed by atoms with Gasteiger partial charge in [-0.05, 0) is 47.9 Å². The van der Waals surface area contributed by atoms with Crippen LogP contribution in [0.5, 0.6) is 5.75 Å². The zero-order valence-electron chi connectivity index (χ0n) is 15.1. The Kier molecular flexibility index (Phi) is 5.79. The molecule has 1 N–H and O–H groups in total. The normalized spacial score (nSPS) is 16.1. The molecule has 0 atom stereocenters. The second kappa shape index (κ2) is 8.05. The summed E-state index contributed by atoms with van der Waals surface area (Å²) in [5.74, 6) is 1.20. The molecule has 0 spiro atoms. The zero-order valence-corrected chi connectivity index (χ0v) is 15.9. The van der Waals surface area contributed by atoms with Crippen molar-refractivity contribution in [2.45, 2.75) is 50.9 Å². The van der Waals surface area contributed by atoms with E-state index in [9.17, 15) is 4.79 Å². The molecule has 1 aromatic carbocycles. The van der Waals surface area contributed by atoms with Crippen molar-refractivity contribution in [2.24, 2.45) is 0 Å². The maximum absolute atomic E-state index is 12.2. The lowest BCUT2D eigenvalue weighted by molar-refractivity contribution is -0.123. The Labute approximate surface area is 154 Å². The molecule has 0 unspecified atom stereocenters. The van der Waals surface area contributed by atoms with Crippen molar-refractivity contribution >= 4 is 17.2 Å². The van der Waals surface area contributed by atoms with E-state index in [0.29, 0.717) is 12.5 Å². The third-order valence-electron chi connectivity index (χ3n) is 5.15. The monoisotopic (exact) mass is 357 g/mol. The first kappa shape index (κ1) is 18.0. The summed E-state index contributed by atoms with van der Waals surface area (Å²) < 4.78 is 5.63. The van der Waals surface area contributed by atoms with Gasteiger partial charge in [-0.3, -0.25) is 4.79 Å². The van der Waals surface area contributed by atoms with Crippen LogP contribution in [0.3, 0.4) is 0 Å². The van der Waals surface area contributed by atoms with Crippen molar-refractivity contribution in [1.82, 2.24) is 5.32 Å². The molecule has 25 heavy (non-hydrogen) atoms. The van der Waals surface area contributed by atoms with E-state index in [1.54, 1.807) is 11.3 Å². The van der Waals surface area contributed by atoms with Gasteiger partial charge < -0.3 is 10.1 Å². The highest BCUT2D eigenvalue weighted by Crippen LogP contribution is 2.42. The van der Waals surface area contributed by atoms with Gasteiger partial charge in [0.2, 0.25) is 0 Å². The summed E-state index contributed by atoms with van der Waals surface area (Å²) in [4.78, 5) is 13.6. The lowest BCUT2D eigenvalue weighted by Crippen LogP contribution is -2.40. The molecular formula is C21H27NO2S. The Morgan fingerprint density at radius 1 is 1.20 bits per heavy atom. The molecule has 1 aliphatic rings. The summed E-state index contributed by atoms with van der Waals surface area (Å²) in [5, 5.41) is 5.22. The van der Waals surface area contributed by atoms with E-state index in [4.69, 9.17) is 4.74 Å². The number of ether oxygens (including phenoxy) is 1. The largest absolute Gasteiger partial charge is 0.484 e. The van der Waals surface area contributed by atoms with Gasteiger partial charge >= 0.3 is 0 Å². The molecule has 134 valence electrons. The molecule has 1 aliphatic carbocycles. The first-order valence-electron chi connectivity index (χ1n) is 9.12. The highest BCUT2D eigenvalue weighted by atomic mass is 32.1. The van der Waals surface area contributed by atoms with Crippen LogP contribution in [0.1, 0.15) is 55.9 Å². The van der Waals surface area contributed by atoms with Gasteiger partial charge in [0, 0.05) is 16.8 Å². The molecule has 0 radical (unpaired) electrons. The molecule has 0 aliphatic heterocycles. The van der Waals surface area contributed by atoms with Crippen LogP contribution in [0, 0.1) is 0 Å². The number of hydrogen-bond donors (Lipinski definition) is 1. The maximum Gasteiger partial charge on any atom is 0.257 e. The van der Waals surface area contributed by atoms with E-state index in [1.807, 2.05) is 12.1 Å². The third kappa shape index (κ3) is 4.43. The molecule has 1 saturated carbocycles. The molecule has 0 saturated heterocycles. The molecule has 3 nitrogen and oxygen atoms in total. The molecule has 0 bridgehead atoms. The van der Waals surface area contributed by atoms with Crippen LogP contribution in [0.4, 0.5) is 0 Å². The minimum Gasteiger partial charge on any atom is -0.484 e. The fourth-order valence-corrected chi connectivity index (χ4v) is 4.55. The topological polar surface area (TPSA) is 38.3 Å². The summed E-state index contributed by atoms with van der Waals surface area (Å²) in [6.45, 7) is 5.11. The Morgan fingerprint density at radius 2 is 1.92 bits per heavy atom. The highest BCUT2D eigenvalue weighted by Gasteiger charge is 2.36. The van der Waals surface area contributed by atoms with Gasteiger partial charge in [-0.1, -0.05) is 44.9 Å². The molecule has 1 fully saturated rings. The Bertz CT molecular complexity index is 670. The Hall–Kier alpha value is -1.81. The minimum atomic E-state index is -0.0456. The number of amides is 1. The van der Waals surface area contributed by atoms with Crippen molar-refractivity contribution in [3.05, 3.63) is 52.2 Å². The van der Waals surface area contributed by atoms with E-state index in [0.717, 1.165) is 18.6 Å². The highest BCUT2D eigenvalue weighted by molar-refractivity contribution is 7.10. The molecule has 4 heteroatoms. The average Bonchev–Trinajstić information content (AvgIpc) is 3.30. The molecule has 3 rings (SSSR count). The number of thiophene rings is 1. The predicted molar refractivity (Wildman–Crippen MR) is 104 cm³/mol. The van der Waals surface area contributed by atoms with Crippen molar-refractivity contribution in [3.63, 3.8) is 0 Å². The van der Waals surface area contributed by atoms with Crippen LogP contribution in [-0.2, 0) is 10.2 Å². The first-order chi connectivity index (χ1) is 12.1. The van der Waals surface area contributed by atoms with Crippen LogP contribution in [0.25, 0.3) is 0 Å². The van der Waals surface area contributed by atoms with Gasteiger partial charge in [-0.25, -0.2) is 0 Å². The van der Waals surface area contributed by atoms with Crippen molar-refractivity contribution in [3.8, 4) is 5.75 Å². The summed E-state index contributed by atoms with van der Waals surface area (Å²) in [6.07, 6.45) is 4.80. The molecule has 1 aromatic heterocycles. The lowest BCUT2D eigenvalue weighted by Gasteiger charge is -2.28. The number of benzene rings is 1. The summed E-state index contributed by atoms with van der Waals surface area (Å²) in [6, 6.07) is 12.3. The molecule has 2 aromatic rings. The van der Waals surface area contributed by atoms with Crippen LogP contribution in [0.15, 0.2) is 41.8 Å². The van der Waals surface area contributed by atoms with Crippen molar-refractivity contribution in [2.75, 3.05) is 13.2 Å². The first-order valence-corrected chi connectivity index (χ1v) is 10.0. The smallest absolute Gasteiger partial charge is 0.257 e. The number of carbonyl (C=O) groups is 1. The summed E-state index contributed by atoms with van der Waals surface area (Å²) in [7, 11) is 0. The van der Waals surface area contributed by atoms with Gasteiger partial charge in [0.25, 0.3) is 5.91 Å². The van der Waals surface area contributed by atoms with Gasteiger partial charge in [0.15, 0.2) is 6.61 Å². The fraction of sp³-hybridized carbons (Fsp3) is 0.476. The Balaban J connectivity index is 1.50. The second-order valence-corrected chi connectivity index (χ2v) is 8.20. The zero-order chi connectivity index (χ0) is 17.7. The Morgan fingerprint density at radius 3 is 2.52 bits per heavy atom. The predicted octanol–water partition coefficient (Wildman–Crippen LogP) is 4.88. The van der Waals surface area contributed by atoms with Gasteiger partial charge in [0.05, 0.1) is 0 Å². The average molecular weight is 358 g/mol. The number of carbonyl (C=O) groups excluding carboxylic acids is 1. The van der Waals surface area contributed by atoms with Crippen molar-refractivity contribution < 1.29 is 9.53 Å². The van der Waals surface area contributed by atoms with E-state index in [-0.39, 0.29) is 17.9 Å². The number of hydrogen-bond acceptors (Lipinski definition) is 3. The summed E-state index contributed by atoms with van der Waals surface area (Å²) >= 11 is 1.80. The van der Waals surface area contributed by atoms with Gasteiger partial charge in [-0.2, -0.15) is 0 Å². The van der Waals surface area contributed by atoms with E-state index in [1.165, 1.54) is 23.3 Å². The number of rotatable bonds is 7. The lowest BCUT2D eigenvalue weighted by atomic mass is 9.84. The maximum atomic E-state index is 12.2. The van der Waals surface area contributed by atoms with Crippen LogP contribution in [0.2, 0.25) is 0 Å². The fourth-order valence-electron chi connectivity index (χ4n) is 3.56. The molecule has 1 heterocycles. The van der Waals surface area contributed by atoms with Crippen LogP contribution in [-0.4, -0.2) is 19.1 Å². The third-order valence-corrected chi connectivity index (χ3v) is 6.26. The van der Waals surface area contributed by atoms with Crippen molar-refractivity contribution in [1.29, 1.82) is 0 Å². The number of nitrogens with one attached hydrogen (secondary N) is 1. The SMILES string of the molecule is CC(C)c1ccc(OCC(=O)NCC2(c3cccs3)CCCC2)cc1. The van der Waals surface area contributed by atoms with E-state index >= 15 is 0 Å². The van der Waals surface area contributed by atoms with E-state index in [2.05, 4.69) is 48.8 Å². The van der Waals surface area contributed by atoms with Crippen LogP contribution >= 0.6 is 11.3 Å². The molecular weight excluding hydrogens is 330 g/mol. The van der Waals surface area contributed by atoms with Gasteiger partial charge in [0.1, 0.15) is 5.75 Å². The standard InChI is InChI=1S/C21H27NO2S/c1-16(2)17-7-9-18(10-8-17)24-14-20(23)22-15-21(11-3-4-12-21)19-6-5-13-25-19/h5-10,13,16H,3-4,11-12,14-15H2,1-2H3,(H,22,23). The quantitative estimate of drug-likeness (QED) is 0.767. The van der Waals surface area contributed by atoms with E-state index < -0.39 is 0 Å². The van der Waals surface area contributed by atoms with Gasteiger partial charge in [-0.15, -0.1) is 11.3 Å². The summed E-state index contributed by atoms with van der Waals surface area (Å²) in [5.41, 5.74) is 1.40. The second-order valence-electron chi connectivity index (χ2n) is 7.25. The molecule has 1 amide bonds.